The fraction of sp³-hybridized carbons (Fsp3) is 0.538. The van der Waals surface area contributed by atoms with Crippen molar-refractivity contribution in [2.24, 2.45) is 5.92 Å². The normalized spacial score (nSPS) is 24.6. The van der Waals surface area contributed by atoms with Gasteiger partial charge in [-0.1, -0.05) is 12.8 Å². The topological polar surface area (TPSA) is 58.3 Å². The molecule has 0 bridgehead atoms. The third-order valence-corrected chi connectivity index (χ3v) is 3.50. The van der Waals surface area contributed by atoms with Gasteiger partial charge < -0.3 is 16.2 Å². The molecule has 2 unspecified atom stereocenters. The minimum atomic E-state index is -0.324. The van der Waals surface area contributed by atoms with Crippen LogP contribution in [0.4, 0.5) is 15.8 Å². The summed E-state index contributed by atoms with van der Waals surface area (Å²) in [5.41, 5.74) is 6.94. The third kappa shape index (κ3) is 2.88. The number of nitrogens with one attached hydrogen (secondary N) is 1. The molecule has 94 valence electrons. The fourth-order valence-electron chi connectivity index (χ4n) is 2.48. The van der Waals surface area contributed by atoms with Gasteiger partial charge in [-0.2, -0.15) is 0 Å². The third-order valence-electron chi connectivity index (χ3n) is 3.50. The Balaban J connectivity index is 2.08. The highest BCUT2D eigenvalue weighted by molar-refractivity contribution is 5.66. The first kappa shape index (κ1) is 12.2. The Labute approximate surface area is 101 Å². The maximum Gasteiger partial charge on any atom is 0.125 e. The van der Waals surface area contributed by atoms with Crippen LogP contribution in [0.15, 0.2) is 18.2 Å². The first-order valence-electron chi connectivity index (χ1n) is 6.13. The van der Waals surface area contributed by atoms with Crippen molar-refractivity contribution in [1.29, 1.82) is 0 Å². The Morgan fingerprint density at radius 2 is 2.12 bits per heavy atom. The van der Waals surface area contributed by atoms with Gasteiger partial charge in [-0.05, 0) is 31.0 Å². The van der Waals surface area contributed by atoms with E-state index in [4.69, 9.17) is 5.73 Å². The molecule has 2 atom stereocenters. The van der Waals surface area contributed by atoms with E-state index in [2.05, 4.69) is 5.32 Å². The van der Waals surface area contributed by atoms with Crippen molar-refractivity contribution in [3.63, 3.8) is 0 Å². The average molecular weight is 238 g/mol. The van der Waals surface area contributed by atoms with Gasteiger partial charge in [0.05, 0.1) is 11.4 Å². The predicted octanol–water partition coefficient (Wildman–Crippen LogP) is 2.37. The summed E-state index contributed by atoms with van der Waals surface area (Å²) >= 11 is 0. The SMILES string of the molecule is Nc1cc(F)ccc1NC1CCCCC1CO. The molecule has 4 heteroatoms. The lowest BCUT2D eigenvalue weighted by atomic mass is 9.85. The van der Waals surface area contributed by atoms with Gasteiger partial charge in [-0.3, -0.25) is 0 Å². The van der Waals surface area contributed by atoms with Crippen molar-refractivity contribution in [3.05, 3.63) is 24.0 Å². The molecule has 1 aromatic carbocycles. The van der Waals surface area contributed by atoms with Crippen LogP contribution < -0.4 is 11.1 Å². The second kappa shape index (κ2) is 5.36. The van der Waals surface area contributed by atoms with Crippen molar-refractivity contribution < 1.29 is 9.50 Å². The van der Waals surface area contributed by atoms with E-state index in [1.165, 1.54) is 18.6 Å². The first-order chi connectivity index (χ1) is 8.20. The number of benzene rings is 1. The van der Waals surface area contributed by atoms with Gasteiger partial charge in [0.1, 0.15) is 5.82 Å². The molecule has 4 N–H and O–H groups in total. The highest BCUT2D eigenvalue weighted by atomic mass is 19.1. The molecular formula is C13H19FN2O. The molecule has 0 saturated heterocycles. The Hall–Kier alpha value is -1.29. The van der Waals surface area contributed by atoms with Crippen molar-refractivity contribution in [1.82, 2.24) is 0 Å². The van der Waals surface area contributed by atoms with Gasteiger partial charge >= 0.3 is 0 Å². The van der Waals surface area contributed by atoms with Crippen LogP contribution in [0.2, 0.25) is 0 Å². The number of nitrogens with two attached hydrogens (primary N) is 1. The van der Waals surface area contributed by atoms with E-state index >= 15 is 0 Å². The van der Waals surface area contributed by atoms with Gasteiger partial charge in [-0.25, -0.2) is 4.39 Å². The van der Waals surface area contributed by atoms with Crippen LogP contribution in [0.1, 0.15) is 25.7 Å². The van der Waals surface area contributed by atoms with E-state index in [1.54, 1.807) is 6.07 Å². The Bertz CT molecular complexity index is 384. The Morgan fingerprint density at radius 1 is 1.35 bits per heavy atom. The molecule has 0 spiro atoms. The lowest BCUT2D eigenvalue weighted by molar-refractivity contribution is 0.178. The summed E-state index contributed by atoms with van der Waals surface area (Å²) in [5.74, 6) is -0.0522. The van der Waals surface area contributed by atoms with Crippen molar-refractivity contribution in [2.45, 2.75) is 31.7 Å². The van der Waals surface area contributed by atoms with Crippen LogP contribution >= 0.6 is 0 Å². The van der Waals surface area contributed by atoms with Gasteiger partial charge in [0.25, 0.3) is 0 Å². The molecule has 0 heterocycles. The molecule has 3 nitrogen and oxygen atoms in total. The van der Waals surface area contributed by atoms with Crippen molar-refractivity contribution >= 4 is 11.4 Å². The summed E-state index contributed by atoms with van der Waals surface area (Å²) in [4.78, 5) is 0. The van der Waals surface area contributed by atoms with Gasteiger partial charge in [0.15, 0.2) is 0 Å². The Kier molecular flexibility index (Phi) is 3.84. The summed E-state index contributed by atoms with van der Waals surface area (Å²) in [6.07, 6.45) is 4.40. The van der Waals surface area contributed by atoms with E-state index < -0.39 is 0 Å². The smallest absolute Gasteiger partial charge is 0.125 e. The molecule has 1 aromatic rings. The number of hydrogen-bond acceptors (Lipinski definition) is 3. The average Bonchev–Trinajstić information content (AvgIpc) is 2.33. The summed E-state index contributed by atoms with van der Waals surface area (Å²) in [6, 6.07) is 4.61. The number of aliphatic hydroxyl groups excluding tert-OH is 1. The molecule has 1 aliphatic rings. The van der Waals surface area contributed by atoms with Crippen LogP contribution in [-0.2, 0) is 0 Å². The molecule has 17 heavy (non-hydrogen) atoms. The predicted molar refractivity (Wildman–Crippen MR) is 67.3 cm³/mol. The van der Waals surface area contributed by atoms with Gasteiger partial charge in [0.2, 0.25) is 0 Å². The number of halogens is 1. The standard InChI is InChI=1S/C13H19FN2O/c14-10-5-6-13(11(15)7-10)16-12-4-2-1-3-9(12)8-17/h5-7,9,12,16-17H,1-4,8,15H2. The zero-order valence-corrected chi connectivity index (χ0v) is 9.82. The molecule has 0 aliphatic heterocycles. The zero-order valence-electron chi connectivity index (χ0n) is 9.82. The van der Waals surface area contributed by atoms with E-state index in [1.807, 2.05) is 0 Å². The number of nitrogen functional groups attached to an aromatic ring is 1. The number of rotatable bonds is 3. The highest BCUT2D eigenvalue weighted by Crippen LogP contribution is 2.29. The highest BCUT2D eigenvalue weighted by Gasteiger charge is 2.24. The first-order valence-corrected chi connectivity index (χ1v) is 6.13. The lowest BCUT2D eigenvalue weighted by Gasteiger charge is -2.32. The lowest BCUT2D eigenvalue weighted by Crippen LogP contribution is -2.34. The minimum Gasteiger partial charge on any atom is -0.397 e. The molecule has 0 aromatic heterocycles. The van der Waals surface area contributed by atoms with Crippen molar-refractivity contribution in [2.75, 3.05) is 17.7 Å². The molecule has 1 saturated carbocycles. The monoisotopic (exact) mass is 238 g/mol. The van der Waals surface area contributed by atoms with Crippen LogP contribution in [-0.4, -0.2) is 17.8 Å². The molecule has 2 rings (SSSR count). The minimum absolute atomic E-state index is 0.193. The Morgan fingerprint density at radius 3 is 2.82 bits per heavy atom. The summed E-state index contributed by atoms with van der Waals surface area (Å²) in [6.45, 7) is 0.193. The molecular weight excluding hydrogens is 219 g/mol. The molecule has 0 radical (unpaired) electrons. The van der Waals surface area contributed by atoms with Crippen LogP contribution in [0.25, 0.3) is 0 Å². The zero-order chi connectivity index (χ0) is 12.3. The van der Waals surface area contributed by atoms with E-state index in [0.717, 1.165) is 24.9 Å². The summed E-state index contributed by atoms with van der Waals surface area (Å²) < 4.78 is 12.9. The number of aliphatic hydroxyl groups is 1. The van der Waals surface area contributed by atoms with E-state index in [-0.39, 0.29) is 24.4 Å². The van der Waals surface area contributed by atoms with E-state index in [0.29, 0.717) is 5.69 Å². The van der Waals surface area contributed by atoms with Gasteiger partial charge in [-0.15, -0.1) is 0 Å². The van der Waals surface area contributed by atoms with Crippen LogP contribution in [0, 0.1) is 11.7 Å². The van der Waals surface area contributed by atoms with Crippen LogP contribution in [0.3, 0.4) is 0 Å². The summed E-state index contributed by atoms with van der Waals surface area (Å²) in [7, 11) is 0. The fourth-order valence-corrected chi connectivity index (χ4v) is 2.48. The molecule has 1 aliphatic carbocycles. The maximum atomic E-state index is 12.9. The number of anilines is 2. The molecule has 1 fully saturated rings. The largest absolute Gasteiger partial charge is 0.397 e. The quantitative estimate of drug-likeness (QED) is 0.708. The van der Waals surface area contributed by atoms with Gasteiger partial charge in [0, 0.05) is 18.6 Å². The van der Waals surface area contributed by atoms with Crippen LogP contribution in [0.5, 0.6) is 0 Å². The second-order valence-corrected chi connectivity index (χ2v) is 4.71. The molecule has 0 amide bonds. The second-order valence-electron chi connectivity index (χ2n) is 4.71. The van der Waals surface area contributed by atoms with Crippen molar-refractivity contribution in [3.8, 4) is 0 Å². The maximum absolute atomic E-state index is 12.9. The number of hydrogen-bond donors (Lipinski definition) is 3. The van der Waals surface area contributed by atoms with E-state index in [9.17, 15) is 9.50 Å². The summed E-state index contributed by atoms with van der Waals surface area (Å²) in [5, 5.41) is 12.6.